The van der Waals surface area contributed by atoms with Crippen LogP contribution < -0.4 is 0 Å². The molecule has 0 saturated heterocycles. The Morgan fingerprint density at radius 1 is 0.963 bits per heavy atom. The molecule has 0 heterocycles. The predicted molar refractivity (Wildman–Crippen MR) is 111 cm³/mol. The van der Waals surface area contributed by atoms with Crippen LogP contribution in [0.15, 0.2) is 47.0 Å². The Hall–Kier alpha value is -1.41. The summed E-state index contributed by atoms with van der Waals surface area (Å²) < 4.78 is 0. The van der Waals surface area contributed by atoms with E-state index in [9.17, 15) is 5.11 Å². The molecule has 2 heteroatoms. The first-order valence-electron chi connectivity index (χ1n) is 11.0. The Balaban J connectivity index is 1.46. The number of nitrogens with zero attached hydrogens (tertiary/aromatic N) is 1. The quantitative estimate of drug-likeness (QED) is 0.602. The van der Waals surface area contributed by atoms with Gasteiger partial charge in [-0.1, -0.05) is 43.7 Å². The first-order chi connectivity index (χ1) is 13.0. The third-order valence-electron chi connectivity index (χ3n) is 8.84. The molecule has 0 radical (unpaired) electrons. The molecule has 6 atom stereocenters. The predicted octanol–water partition coefficient (Wildman–Crippen LogP) is 6.08. The molecule has 0 unspecified atom stereocenters. The lowest BCUT2D eigenvalue weighted by Gasteiger charge is -2.57. The minimum Gasteiger partial charge on any atom is -0.393 e. The Bertz CT molecular complexity index is 781. The van der Waals surface area contributed by atoms with Crippen molar-refractivity contribution >= 4 is 11.4 Å². The van der Waals surface area contributed by atoms with Gasteiger partial charge in [0.1, 0.15) is 0 Å². The Morgan fingerprint density at radius 3 is 2.52 bits per heavy atom. The van der Waals surface area contributed by atoms with Gasteiger partial charge in [0.2, 0.25) is 0 Å². The fraction of sp³-hybridized carbons (Fsp3) is 0.640. The van der Waals surface area contributed by atoms with Crippen LogP contribution in [0.25, 0.3) is 0 Å². The van der Waals surface area contributed by atoms with Crippen LogP contribution >= 0.6 is 0 Å². The number of allylic oxidation sites excluding steroid dienone is 1. The molecule has 4 aliphatic rings. The monoisotopic (exact) mass is 363 g/mol. The van der Waals surface area contributed by atoms with Crippen LogP contribution in [0.4, 0.5) is 5.69 Å². The molecule has 3 fully saturated rings. The van der Waals surface area contributed by atoms with Crippen LogP contribution in [-0.4, -0.2) is 16.9 Å². The molecular formula is C25H33NO. The van der Waals surface area contributed by atoms with Crippen LogP contribution in [0, 0.1) is 28.6 Å². The Kier molecular flexibility index (Phi) is 4.13. The molecule has 1 aromatic carbocycles. The summed E-state index contributed by atoms with van der Waals surface area (Å²) in [6.07, 6.45) is 11.8. The molecule has 27 heavy (non-hydrogen) atoms. The number of rotatable bonds is 1. The lowest BCUT2D eigenvalue weighted by molar-refractivity contribution is -0.0209. The van der Waals surface area contributed by atoms with Crippen molar-refractivity contribution in [3.05, 3.63) is 42.0 Å². The van der Waals surface area contributed by atoms with Crippen molar-refractivity contribution in [1.29, 1.82) is 0 Å². The Morgan fingerprint density at radius 2 is 1.70 bits per heavy atom. The van der Waals surface area contributed by atoms with Crippen molar-refractivity contribution in [1.82, 2.24) is 0 Å². The summed E-state index contributed by atoms with van der Waals surface area (Å²) in [5, 5.41) is 10.2. The topological polar surface area (TPSA) is 32.6 Å². The number of hydrogen-bond donors (Lipinski definition) is 1. The van der Waals surface area contributed by atoms with E-state index < -0.39 is 0 Å². The minimum absolute atomic E-state index is 0.106. The SMILES string of the molecule is C[C@]12CC[C@H](O)CC1=CC[C@@H]1[C@@H]2CC[C@]2(C)C(=Nc3ccccc3)CC[C@@H]12. The minimum atomic E-state index is -0.106. The highest BCUT2D eigenvalue weighted by Gasteiger charge is 2.57. The van der Waals surface area contributed by atoms with Gasteiger partial charge < -0.3 is 5.11 Å². The van der Waals surface area contributed by atoms with Crippen molar-refractivity contribution in [2.45, 2.75) is 71.3 Å². The van der Waals surface area contributed by atoms with E-state index in [0.29, 0.717) is 5.41 Å². The van der Waals surface area contributed by atoms with Gasteiger partial charge in [-0.3, -0.25) is 4.99 Å². The summed E-state index contributed by atoms with van der Waals surface area (Å²) in [7, 11) is 0. The van der Waals surface area contributed by atoms with Gasteiger partial charge >= 0.3 is 0 Å². The molecule has 3 saturated carbocycles. The second-order valence-electron chi connectivity index (χ2n) is 10.0. The van der Waals surface area contributed by atoms with E-state index in [1.54, 1.807) is 5.57 Å². The van der Waals surface area contributed by atoms with Crippen molar-refractivity contribution < 1.29 is 5.11 Å². The van der Waals surface area contributed by atoms with E-state index in [-0.39, 0.29) is 11.5 Å². The first kappa shape index (κ1) is 17.7. The fourth-order valence-electron chi connectivity index (χ4n) is 7.27. The zero-order valence-electron chi connectivity index (χ0n) is 16.8. The standard InChI is InChI=1S/C25H33NO/c1-24-14-12-19(27)16-17(24)8-9-20-21-10-11-23(25(21,2)15-13-22(20)24)26-18-6-4-3-5-7-18/h3-8,19-22,27H,9-16H2,1-2H3/t19-,20-,21-,22-,24-,25-/m0/s1. The van der Waals surface area contributed by atoms with Crippen LogP contribution in [0.3, 0.4) is 0 Å². The van der Waals surface area contributed by atoms with Gasteiger partial charge in [0.25, 0.3) is 0 Å². The second kappa shape index (κ2) is 6.30. The van der Waals surface area contributed by atoms with E-state index in [4.69, 9.17) is 4.99 Å². The third-order valence-corrected chi connectivity index (χ3v) is 8.84. The van der Waals surface area contributed by atoms with Crippen LogP contribution in [0.5, 0.6) is 0 Å². The van der Waals surface area contributed by atoms with E-state index in [2.05, 4.69) is 50.3 Å². The van der Waals surface area contributed by atoms with Gasteiger partial charge in [0.05, 0.1) is 11.8 Å². The lowest BCUT2D eigenvalue weighted by atomic mass is 9.48. The number of fused-ring (bicyclic) bond motifs is 5. The van der Waals surface area contributed by atoms with E-state index >= 15 is 0 Å². The lowest BCUT2D eigenvalue weighted by Crippen LogP contribution is -2.50. The molecule has 0 amide bonds. The summed E-state index contributed by atoms with van der Waals surface area (Å²) in [6, 6.07) is 10.5. The van der Waals surface area contributed by atoms with Gasteiger partial charge in [0, 0.05) is 11.1 Å². The smallest absolute Gasteiger partial charge is 0.0629 e. The van der Waals surface area contributed by atoms with Crippen LogP contribution in [-0.2, 0) is 0 Å². The number of benzene rings is 1. The largest absolute Gasteiger partial charge is 0.393 e. The summed E-state index contributed by atoms with van der Waals surface area (Å²) in [5.41, 5.74) is 4.77. The molecule has 4 aliphatic carbocycles. The molecule has 1 aromatic rings. The molecule has 1 N–H and O–H groups in total. The highest BCUT2D eigenvalue weighted by atomic mass is 16.3. The molecule has 0 spiro atoms. The van der Waals surface area contributed by atoms with Crippen LogP contribution in [0.2, 0.25) is 0 Å². The average Bonchev–Trinajstić information content (AvgIpc) is 3.00. The third kappa shape index (κ3) is 2.67. The number of aliphatic imine (C=N–C) groups is 1. The highest BCUT2D eigenvalue weighted by molar-refractivity contribution is 5.94. The number of aliphatic hydroxyl groups is 1. The molecule has 144 valence electrons. The van der Waals surface area contributed by atoms with E-state index in [1.165, 1.54) is 44.2 Å². The summed E-state index contributed by atoms with van der Waals surface area (Å²) >= 11 is 0. The summed E-state index contributed by atoms with van der Waals surface area (Å²) in [6.45, 7) is 5.02. The zero-order valence-corrected chi connectivity index (χ0v) is 16.8. The highest BCUT2D eigenvalue weighted by Crippen LogP contribution is 2.64. The first-order valence-corrected chi connectivity index (χ1v) is 11.0. The Labute approximate surface area is 163 Å². The maximum absolute atomic E-state index is 10.2. The molecule has 0 bridgehead atoms. The van der Waals surface area contributed by atoms with Gasteiger partial charge in [-0.2, -0.15) is 0 Å². The van der Waals surface area contributed by atoms with Gasteiger partial charge in [0.15, 0.2) is 0 Å². The second-order valence-corrected chi connectivity index (χ2v) is 10.0. The van der Waals surface area contributed by atoms with Crippen molar-refractivity contribution in [3.63, 3.8) is 0 Å². The van der Waals surface area contributed by atoms with Gasteiger partial charge in [-0.05, 0) is 86.7 Å². The molecular weight excluding hydrogens is 330 g/mol. The van der Waals surface area contributed by atoms with Crippen molar-refractivity contribution in [2.24, 2.45) is 33.6 Å². The van der Waals surface area contributed by atoms with E-state index in [1.807, 2.05) is 0 Å². The maximum Gasteiger partial charge on any atom is 0.0629 e. The fourth-order valence-corrected chi connectivity index (χ4v) is 7.27. The zero-order chi connectivity index (χ0) is 18.6. The molecule has 2 nitrogen and oxygen atoms in total. The number of para-hydroxylation sites is 1. The van der Waals surface area contributed by atoms with Crippen molar-refractivity contribution in [2.75, 3.05) is 0 Å². The number of hydrogen-bond acceptors (Lipinski definition) is 2. The average molecular weight is 364 g/mol. The molecule has 0 aliphatic heterocycles. The van der Waals surface area contributed by atoms with Gasteiger partial charge in [-0.25, -0.2) is 0 Å². The van der Waals surface area contributed by atoms with Crippen molar-refractivity contribution in [3.8, 4) is 0 Å². The normalized spacial score (nSPS) is 45.0. The van der Waals surface area contributed by atoms with Crippen LogP contribution in [0.1, 0.15) is 65.2 Å². The molecule has 5 rings (SSSR count). The number of aliphatic hydroxyl groups excluding tert-OH is 1. The summed E-state index contributed by atoms with van der Waals surface area (Å²) in [4.78, 5) is 5.13. The molecule has 0 aromatic heterocycles. The van der Waals surface area contributed by atoms with E-state index in [0.717, 1.165) is 36.3 Å². The maximum atomic E-state index is 10.2. The summed E-state index contributed by atoms with van der Waals surface area (Å²) in [5.74, 6) is 2.38. The van der Waals surface area contributed by atoms with Gasteiger partial charge in [-0.15, -0.1) is 0 Å².